The minimum absolute atomic E-state index is 0.0322. The highest BCUT2D eigenvalue weighted by Crippen LogP contribution is 2.42. The predicted octanol–water partition coefficient (Wildman–Crippen LogP) is 4.58. The van der Waals surface area contributed by atoms with Gasteiger partial charge in [-0.15, -0.1) is 11.8 Å². The zero-order chi connectivity index (χ0) is 22.0. The second kappa shape index (κ2) is 8.64. The van der Waals surface area contributed by atoms with Gasteiger partial charge in [0.2, 0.25) is 5.91 Å². The van der Waals surface area contributed by atoms with Crippen molar-refractivity contribution >= 4 is 39.1 Å². The topological polar surface area (TPSA) is 75.7 Å². The van der Waals surface area contributed by atoms with Crippen molar-refractivity contribution in [3.05, 3.63) is 83.9 Å². The van der Waals surface area contributed by atoms with E-state index in [1.54, 1.807) is 35.2 Å². The Morgan fingerprint density at radius 1 is 1.03 bits per heavy atom. The summed E-state index contributed by atoms with van der Waals surface area (Å²) in [5, 5.41) is -0.222. The lowest BCUT2D eigenvalue weighted by Gasteiger charge is -2.25. The molecular weight excluding hydrogens is 432 g/mol. The van der Waals surface area contributed by atoms with E-state index in [0.717, 1.165) is 16.8 Å². The normalized spacial score (nSPS) is 16.4. The van der Waals surface area contributed by atoms with E-state index >= 15 is 0 Å². The Hall–Kier alpha value is -2.97. The smallest absolute Gasteiger partial charge is 0.261 e. The molecule has 1 unspecified atom stereocenters. The highest BCUT2D eigenvalue weighted by Gasteiger charge is 2.34. The average molecular weight is 455 g/mol. The lowest BCUT2D eigenvalue weighted by atomic mass is 10.1. The van der Waals surface area contributed by atoms with Crippen LogP contribution in [-0.4, -0.2) is 27.2 Å². The van der Waals surface area contributed by atoms with Crippen molar-refractivity contribution in [2.24, 2.45) is 0 Å². The number of sulfonamides is 1. The van der Waals surface area contributed by atoms with Gasteiger partial charge in [0.1, 0.15) is 11.1 Å². The molecule has 160 valence electrons. The molecule has 1 heterocycles. The van der Waals surface area contributed by atoms with E-state index in [4.69, 9.17) is 4.74 Å². The van der Waals surface area contributed by atoms with Crippen molar-refractivity contribution in [2.75, 3.05) is 22.5 Å². The van der Waals surface area contributed by atoms with Crippen molar-refractivity contribution in [3.8, 4) is 5.75 Å². The number of ether oxygens (including phenoxy) is 1. The Kier molecular flexibility index (Phi) is 5.93. The summed E-state index contributed by atoms with van der Waals surface area (Å²) in [5.41, 5.74) is 3.20. The van der Waals surface area contributed by atoms with E-state index < -0.39 is 10.0 Å². The molecule has 1 aliphatic rings. The van der Waals surface area contributed by atoms with E-state index in [9.17, 15) is 13.2 Å². The third kappa shape index (κ3) is 4.55. The van der Waals surface area contributed by atoms with Gasteiger partial charge < -0.3 is 4.74 Å². The molecular formula is C23H22N2O4S2. The molecule has 8 heteroatoms. The van der Waals surface area contributed by atoms with E-state index in [1.807, 2.05) is 37.3 Å². The van der Waals surface area contributed by atoms with E-state index in [2.05, 4.69) is 4.72 Å². The number of thioether (sulfide) groups is 1. The maximum atomic E-state index is 12.8. The van der Waals surface area contributed by atoms with Gasteiger partial charge >= 0.3 is 0 Å². The molecule has 3 aromatic carbocycles. The molecule has 0 aliphatic carbocycles. The highest BCUT2D eigenvalue weighted by molar-refractivity contribution is 8.00. The van der Waals surface area contributed by atoms with Crippen LogP contribution in [0.5, 0.6) is 5.75 Å². The Bertz CT molecular complexity index is 1210. The van der Waals surface area contributed by atoms with Gasteiger partial charge in [0, 0.05) is 11.4 Å². The lowest BCUT2D eigenvalue weighted by Crippen LogP contribution is -2.27. The van der Waals surface area contributed by atoms with E-state index in [1.165, 1.54) is 31.0 Å². The molecule has 3 aromatic rings. The minimum atomic E-state index is -3.75. The third-order valence-electron chi connectivity index (χ3n) is 4.94. The number of anilines is 2. The third-order valence-corrected chi connectivity index (χ3v) is 7.55. The Labute approximate surface area is 186 Å². The summed E-state index contributed by atoms with van der Waals surface area (Å²) >= 11 is 1.52. The first-order valence-electron chi connectivity index (χ1n) is 9.64. The molecule has 1 amide bonds. The molecule has 6 nitrogen and oxygen atoms in total. The molecule has 0 saturated carbocycles. The summed E-state index contributed by atoms with van der Waals surface area (Å²) in [7, 11) is -2.23. The average Bonchev–Trinajstić information content (AvgIpc) is 3.15. The van der Waals surface area contributed by atoms with Gasteiger partial charge in [0.05, 0.1) is 17.8 Å². The van der Waals surface area contributed by atoms with E-state index in [-0.39, 0.29) is 16.2 Å². The summed E-state index contributed by atoms with van der Waals surface area (Å²) < 4.78 is 33.3. The number of benzene rings is 3. The van der Waals surface area contributed by atoms with Crippen LogP contribution in [0.1, 0.15) is 16.5 Å². The summed E-state index contributed by atoms with van der Waals surface area (Å²) in [6.07, 6.45) is 0. The molecule has 4 rings (SSSR count). The van der Waals surface area contributed by atoms with Crippen LogP contribution in [0.2, 0.25) is 0 Å². The Morgan fingerprint density at radius 3 is 2.48 bits per heavy atom. The maximum absolute atomic E-state index is 12.8. The van der Waals surface area contributed by atoms with Crippen LogP contribution in [0.4, 0.5) is 11.4 Å². The second-order valence-corrected chi connectivity index (χ2v) is 9.92. The number of rotatable bonds is 6. The van der Waals surface area contributed by atoms with Gasteiger partial charge in [0.25, 0.3) is 10.0 Å². The first-order valence-corrected chi connectivity index (χ1v) is 12.2. The molecule has 31 heavy (non-hydrogen) atoms. The van der Waals surface area contributed by atoms with Crippen LogP contribution in [0, 0.1) is 6.92 Å². The fourth-order valence-corrected chi connectivity index (χ4v) is 5.67. The zero-order valence-electron chi connectivity index (χ0n) is 17.1. The van der Waals surface area contributed by atoms with Crippen molar-refractivity contribution in [1.82, 2.24) is 0 Å². The Morgan fingerprint density at radius 2 is 1.77 bits per heavy atom. The summed E-state index contributed by atoms with van der Waals surface area (Å²) in [4.78, 5) is 14.5. The van der Waals surface area contributed by atoms with E-state index in [0.29, 0.717) is 17.2 Å². The van der Waals surface area contributed by atoms with Crippen LogP contribution < -0.4 is 14.4 Å². The molecule has 0 bridgehead atoms. The second-order valence-electron chi connectivity index (χ2n) is 7.17. The van der Waals surface area contributed by atoms with Crippen molar-refractivity contribution in [2.45, 2.75) is 17.2 Å². The number of hydrogen-bond acceptors (Lipinski definition) is 5. The number of carbonyl (C=O) groups excluding carboxylic acids is 1. The number of nitrogens with zero attached hydrogens (tertiary/aromatic N) is 1. The van der Waals surface area contributed by atoms with Gasteiger partial charge in [-0.3, -0.25) is 14.4 Å². The maximum Gasteiger partial charge on any atom is 0.261 e. The molecule has 1 fully saturated rings. The van der Waals surface area contributed by atoms with Crippen molar-refractivity contribution < 1.29 is 17.9 Å². The first kappa shape index (κ1) is 21.3. The number of hydrogen-bond donors (Lipinski definition) is 1. The number of methoxy groups -OCH3 is 1. The van der Waals surface area contributed by atoms with Crippen LogP contribution in [-0.2, 0) is 14.8 Å². The summed E-state index contributed by atoms with van der Waals surface area (Å²) in [5.74, 6) is 0.991. The summed E-state index contributed by atoms with van der Waals surface area (Å²) in [6.45, 7) is 1.99. The van der Waals surface area contributed by atoms with Gasteiger partial charge in [-0.2, -0.15) is 0 Å². The monoisotopic (exact) mass is 454 g/mol. The highest BCUT2D eigenvalue weighted by atomic mass is 32.2. The molecule has 0 radical (unpaired) electrons. The molecule has 0 spiro atoms. The number of aryl methyl sites for hydroxylation is 1. The standard InChI is InChI=1S/C23H22N2O4S2/c1-16-5-3-8-19(13-16)25-22(26)15-30-23(25)17-6-4-7-18(14-17)24-31(27,28)21-11-9-20(29-2)10-12-21/h3-14,23-24H,15H2,1-2H3. The molecule has 1 N–H and O–H groups in total. The van der Waals surface area contributed by atoms with Gasteiger partial charge in [0.15, 0.2) is 0 Å². The Balaban J connectivity index is 1.61. The fourth-order valence-electron chi connectivity index (χ4n) is 3.45. The van der Waals surface area contributed by atoms with Crippen LogP contribution in [0.25, 0.3) is 0 Å². The van der Waals surface area contributed by atoms with Crippen LogP contribution in [0.3, 0.4) is 0 Å². The van der Waals surface area contributed by atoms with Gasteiger partial charge in [-0.25, -0.2) is 8.42 Å². The zero-order valence-corrected chi connectivity index (χ0v) is 18.7. The largest absolute Gasteiger partial charge is 0.497 e. The van der Waals surface area contributed by atoms with Crippen LogP contribution >= 0.6 is 11.8 Å². The summed E-state index contributed by atoms with van der Waals surface area (Å²) in [6, 6.07) is 21.2. The molecule has 1 aliphatic heterocycles. The fraction of sp³-hybridized carbons (Fsp3) is 0.174. The molecule has 1 saturated heterocycles. The molecule has 0 aromatic heterocycles. The lowest BCUT2D eigenvalue weighted by molar-refractivity contribution is -0.115. The van der Waals surface area contributed by atoms with Crippen molar-refractivity contribution in [3.63, 3.8) is 0 Å². The van der Waals surface area contributed by atoms with Crippen LogP contribution in [0.15, 0.2) is 77.7 Å². The first-order chi connectivity index (χ1) is 14.9. The molecule has 1 atom stereocenters. The number of amides is 1. The quantitative estimate of drug-likeness (QED) is 0.590. The number of carbonyl (C=O) groups is 1. The van der Waals surface area contributed by atoms with Gasteiger partial charge in [-0.1, -0.05) is 24.3 Å². The SMILES string of the molecule is COc1ccc(S(=O)(=O)Nc2cccc(C3SCC(=O)N3c3cccc(C)c3)c2)cc1. The number of nitrogens with one attached hydrogen (secondary N) is 1. The van der Waals surface area contributed by atoms with Crippen molar-refractivity contribution in [1.29, 1.82) is 0 Å². The predicted molar refractivity (Wildman–Crippen MR) is 124 cm³/mol. The van der Waals surface area contributed by atoms with Gasteiger partial charge in [-0.05, 0) is 66.6 Å². The minimum Gasteiger partial charge on any atom is -0.497 e.